The number of morpholine rings is 1. The van der Waals surface area contributed by atoms with Crippen LogP contribution in [0.25, 0.3) is 0 Å². The number of ether oxygens (including phenoxy) is 1. The summed E-state index contributed by atoms with van der Waals surface area (Å²) < 4.78 is 5.57. The van der Waals surface area contributed by atoms with Crippen molar-refractivity contribution in [2.24, 2.45) is 4.99 Å². The zero-order valence-electron chi connectivity index (χ0n) is 14.2. The first-order valence-corrected chi connectivity index (χ1v) is 9.37. The van der Waals surface area contributed by atoms with Crippen LogP contribution in [0.1, 0.15) is 12.5 Å². The number of pyridine rings is 1. The summed E-state index contributed by atoms with van der Waals surface area (Å²) in [6.45, 7) is 6.29. The van der Waals surface area contributed by atoms with Gasteiger partial charge in [0.05, 0.1) is 12.7 Å². The molecule has 1 aliphatic rings. The van der Waals surface area contributed by atoms with Gasteiger partial charge in [0.1, 0.15) is 5.82 Å². The number of hydrogen-bond donors (Lipinski definition) is 2. The predicted octanol–water partition coefficient (Wildman–Crippen LogP) is 1.33. The van der Waals surface area contributed by atoms with Gasteiger partial charge in [0, 0.05) is 45.2 Å². The lowest BCUT2D eigenvalue weighted by atomic mass is 10.2. The minimum absolute atomic E-state index is 0.266. The van der Waals surface area contributed by atoms with Crippen LogP contribution in [0.2, 0.25) is 0 Å². The Balaban J connectivity index is 1.82. The largest absolute Gasteiger partial charge is 0.375 e. The normalized spacial score (nSPS) is 18.8. The van der Waals surface area contributed by atoms with Gasteiger partial charge in [-0.3, -0.25) is 4.99 Å². The molecule has 2 heterocycles. The molecule has 0 saturated carbocycles. The van der Waals surface area contributed by atoms with Crippen LogP contribution in [-0.2, 0) is 11.3 Å². The number of hydrogen-bond acceptors (Lipinski definition) is 5. The van der Waals surface area contributed by atoms with Gasteiger partial charge in [-0.15, -0.1) is 0 Å². The van der Waals surface area contributed by atoms with E-state index in [2.05, 4.69) is 50.8 Å². The number of rotatable bonds is 6. The van der Waals surface area contributed by atoms with Crippen molar-refractivity contribution in [3.63, 3.8) is 0 Å². The second kappa shape index (κ2) is 9.62. The Kier molecular flexibility index (Phi) is 7.48. The van der Waals surface area contributed by atoms with Gasteiger partial charge in [-0.2, -0.15) is 11.8 Å². The number of nitrogens with zero attached hydrogens (tertiary/aromatic N) is 3. The molecule has 2 rings (SSSR count). The smallest absolute Gasteiger partial charge is 0.191 e. The molecule has 1 fully saturated rings. The van der Waals surface area contributed by atoms with E-state index in [1.807, 2.05) is 18.0 Å². The van der Waals surface area contributed by atoms with Crippen molar-refractivity contribution in [2.75, 3.05) is 50.2 Å². The zero-order valence-corrected chi connectivity index (χ0v) is 15.0. The minimum atomic E-state index is 0.266. The van der Waals surface area contributed by atoms with Crippen molar-refractivity contribution in [2.45, 2.75) is 19.6 Å². The third-order valence-corrected chi connectivity index (χ3v) is 4.27. The first-order valence-electron chi connectivity index (χ1n) is 7.98. The Labute approximate surface area is 143 Å². The second-order valence-corrected chi connectivity index (χ2v) is 6.48. The molecule has 0 aromatic carbocycles. The molecule has 23 heavy (non-hydrogen) atoms. The average molecular weight is 337 g/mol. The van der Waals surface area contributed by atoms with E-state index in [1.165, 1.54) is 0 Å². The Morgan fingerprint density at radius 3 is 3.00 bits per heavy atom. The highest BCUT2D eigenvalue weighted by molar-refractivity contribution is 7.98. The second-order valence-electron chi connectivity index (χ2n) is 5.50. The highest BCUT2D eigenvalue weighted by atomic mass is 32.2. The maximum absolute atomic E-state index is 5.57. The number of aromatic nitrogens is 1. The van der Waals surface area contributed by atoms with Crippen molar-refractivity contribution in [1.82, 2.24) is 15.6 Å². The van der Waals surface area contributed by atoms with Gasteiger partial charge in [0.25, 0.3) is 0 Å². The summed E-state index contributed by atoms with van der Waals surface area (Å²) in [6, 6.07) is 4.20. The fraction of sp³-hybridized carbons (Fsp3) is 0.625. The zero-order chi connectivity index (χ0) is 16.5. The maximum atomic E-state index is 5.57. The van der Waals surface area contributed by atoms with Crippen molar-refractivity contribution in [1.29, 1.82) is 0 Å². The number of aliphatic imine (C=N–C) groups is 1. The summed E-state index contributed by atoms with van der Waals surface area (Å²) in [5, 5.41) is 6.59. The molecular weight excluding hydrogens is 310 g/mol. The fourth-order valence-corrected chi connectivity index (χ4v) is 2.72. The lowest BCUT2D eigenvalue weighted by molar-refractivity contribution is 0.0529. The molecule has 7 heteroatoms. The molecule has 6 nitrogen and oxygen atoms in total. The average Bonchev–Trinajstić information content (AvgIpc) is 2.58. The molecular formula is C16H27N5OS. The molecule has 128 valence electrons. The SMILES string of the molecule is CN=C(NCCSC)NCc1ccc(N2CCOC(C)C2)nc1. The molecule has 1 aromatic heterocycles. The van der Waals surface area contributed by atoms with Crippen LogP contribution in [0.15, 0.2) is 23.3 Å². The van der Waals surface area contributed by atoms with Gasteiger partial charge in [0.2, 0.25) is 0 Å². The summed E-state index contributed by atoms with van der Waals surface area (Å²) >= 11 is 1.81. The van der Waals surface area contributed by atoms with E-state index >= 15 is 0 Å². The molecule has 1 atom stereocenters. The third-order valence-electron chi connectivity index (χ3n) is 3.66. The number of guanidine groups is 1. The summed E-state index contributed by atoms with van der Waals surface area (Å²) in [5.74, 6) is 2.91. The Morgan fingerprint density at radius 2 is 2.35 bits per heavy atom. The third kappa shape index (κ3) is 5.91. The van der Waals surface area contributed by atoms with E-state index in [0.29, 0.717) is 6.54 Å². The van der Waals surface area contributed by atoms with Crippen molar-refractivity contribution >= 4 is 23.5 Å². The Morgan fingerprint density at radius 1 is 1.48 bits per heavy atom. The molecule has 0 spiro atoms. The predicted molar refractivity (Wildman–Crippen MR) is 98.4 cm³/mol. The first-order chi connectivity index (χ1) is 11.2. The van der Waals surface area contributed by atoms with Crippen LogP contribution in [-0.4, -0.2) is 62.3 Å². The summed E-state index contributed by atoms with van der Waals surface area (Å²) in [7, 11) is 1.79. The molecule has 0 bridgehead atoms. The lowest BCUT2D eigenvalue weighted by Gasteiger charge is -2.32. The van der Waals surface area contributed by atoms with Gasteiger partial charge < -0.3 is 20.3 Å². The van der Waals surface area contributed by atoms with Gasteiger partial charge in [0.15, 0.2) is 5.96 Å². The van der Waals surface area contributed by atoms with Crippen LogP contribution >= 0.6 is 11.8 Å². The van der Waals surface area contributed by atoms with Crippen LogP contribution < -0.4 is 15.5 Å². The van der Waals surface area contributed by atoms with Crippen molar-refractivity contribution in [3.8, 4) is 0 Å². The molecule has 0 aliphatic carbocycles. The molecule has 0 radical (unpaired) electrons. The fourth-order valence-electron chi connectivity index (χ4n) is 2.41. The maximum Gasteiger partial charge on any atom is 0.191 e. The molecule has 1 saturated heterocycles. The summed E-state index contributed by atoms with van der Waals surface area (Å²) in [4.78, 5) is 11.1. The number of thioether (sulfide) groups is 1. The summed E-state index contributed by atoms with van der Waals surface area (Å²) in [5.41, 5.74) is 1.14. The van der Waals surface area contributed by atoms with Gasteiger partial charge >= 0.3 is 0 Å². The van der Waals surface area contributed by atoms with Gasteiger partial charge in [-0.25, -0.2) is 4.98 Å². The van der Waals surface area contributed by atoms with Gasteiger partial charge in [-0.1, -0.05) is 6.07 Å². The van der Waals surface area contributed by atoms with Crippen LogP contribution in [0.5, 0.6) is 0 Å². The highest BCUT2D eigenvalue weighted by Crippen LogP contribution is 2.15. The molecule has 1 aromatic rings. The molecule has 1 aliphatic heterocycles. The molecule has 0 amide bonds. The van der Waals surface area contributed by atoms with Crippen LogP contribution in [0, 0.1) is 0 Å². The highest BCUT2D eigenvalue weighted by Gasteiger charge is 2.17. The lowest BCUT2D eigenvalue weighted by Crippen LogP contribution is -2.41. The standard InChI is InChI=1S/C16H27N5OS/c1-13-12-21(7-8-22-13)15-5-4-14(10-19-15)11-20-16(17-2)18-6-9-23-3/h4-5,10,13H,6-9,11-12H2,1-3H3,(H2,17,18,20). The van der Waals surface area contributed by atoms with Crippen LogP contribution in [0.4, 0.5) is 5.82 Å². The first kappa shape index (κ1) is 17.9. The minimum Gasteiger partial charge on any atom is -0.375 e. The van der Waals surface area contributed by atoms with E-state index in [-0.39, 0.29) is 6.10 Å². The van der Waals surface area contributed by atoms with Gasteiger partial charge in [-0.05, 0) is 24.8 Å². The quantitative estimate of drug-likeness (QED) is 0.464. The number of anilines is 1. The van der Waals surface area contributed by atoms with Crippen LogP contribution in [0.3, 0.4) is 0 Å². The van der Waals surface area contributed by atoms with E-state index in [4.69, 9.17) is 4.74 Å². The van der Waals surface area contributed by atoms with E-state index in [0.717, 1.165) is 49.3 Å². The molecule has 1 unspecified atom stereocenters. The van der Waals surface area contributed by atoms with Crippen molar-refractivity contribution in [3.05, 3.63) is 23.9 Å². The van der Waals surface area contributed by atoms with E-state index in [9.17, 15) is 0 Å². The van der Waals surface area contributed by atoms with E-state index < -0.39 is 0 Å². The summed E-state index contributed by atoms with van der Waals surface area (Å²) in [6.07, 6.45) is 4.29. The Hall–Kier alpha value is -1.47. The van der Waals surface area contributed by atoms with E-state index in [1.54, 1.807) is 7.05 Å². The number of nitrogens with one attached hydrogen (secondary N) is 2. The Bertz CT molecular complexity index is 494. The van der Waals surface area contributed by atoms with Crippen molar-refractivity contribution < 1.29 is 4.74 Å². The molecule has 2 N–H and O–H groups in total. The monoisotopic (exact) mass is 337 g/mol. The topological polar surface area (TPSA) is 61.8 Å².